The molecule has 0 amide bonds. The predicted octanol–water partition coefficient (Wildman–Crippen LogP) is 7.45. The number of allylic oxidation sites excluding steroid dienone is 7. The van der Waals surface area contributed by atoms with Crippen LogP contribution in [0, 0.1) is 5.92 Å². The van der Waals surface area contributed by atoms with Gasteiger partial charge in [-0.3, -0.25) is 9.59 Å². The molecule has 32 heavy (non-hydrogen) atoms. The lowest BCUT2D eigenvalue weighted by Crippen LogP contribution is -2.31. The summed E-state index contributed by atoms with van der Waals surface area (Å²) >= 11 is 0. The van der Waals surface area contributed by atoms with Crippen LogP contribution in [0.15, 0.2) is 65.3 Å². The van der Waals surface area contributed by atoms with Crippen LogP contribution < -0.4 is 0 Å². The molecule has 0 spiro atoms. The Bertz CT molecular complexity index is 1050. The number of hydrogen-bond acceptors (Lipinski definition) is 2. The number of ketones is 2. The van der Waals surface area contributed by atoms with E-state index in [2.05, 4.69) is 57.7 Å². The molecule has 0 N–H and O–H groups in total. The molecule has 1 saturated carbocycles. The molecule has 2 atom stereocenters. The molecule has 0 aromatic heterocycles. The van der Waals surface area contributed by atoms with Crippen molar-refractivity contribution in [3.8, 4) is 0 Å². The molecule has 3 aliphatic carbocycles. The number of benzene rings is 1. The minimum atomic E-state index is -0.0770. The molecule has 0 aliphatic heterocycles. The molecular formula is C30H36O2. The monoisotopic (exact) mass is 428 g/mol. The smallest absolute Gasteiger partial charge is 0.164 e. The van der Waals surface area contributed by atoms with Crippen LogP contribution in [-0.2, 0) is 15.0 Å². The van der Waals surface area contributed by atoms with Crippen LogP contribution in [0.5, 0.6) is 0 Å². The van der Waals surface area contributed by atoms with E-state index in [1.54, 1.807) is 6.08 Å². The maximum absolute atomic E-state index is 13.4. The van der Waals surface area contributed by atoms with Crippen LogP contribution in [-0.4, -0.2) is 11.6 Å². The van der Waals surface area contributed by atoms with Crippen molar-refractivity contribution in [1.82, 2.24) is 0 Å². The number of Topliss-reactive ketones (excluding diaryl/α,β-unsaturated/α-hetero) is 2. The molecule has 0 saturated heterocycles. The van der Waals surface area contributed by atoms with Gasteiger partial charge in [-0.25, -0.2) is 0 Å². The molecular weight excluding hydrogens is 392 g/mol. The van der Waals surface area contributed by atoms with Crippen molar-refractivity contribution in [1.29, 1.82) is 0 Å². The fraction of sp³-hybridized carbons (Fsp3) is 0.467. The summed E-state index contributed by atoms with van der Waals surface area (Å²) in [4.78, 5) is 26.4. The van der Waals surface area contributed by atoms with Crippen LogP contribution in [0.1, 0.15) is 89.7 Å². The van der Waals surface area contributed by atoms with E-state index in [1.807, 2.05) is 0 Å². The molecule has 1 aromatic rings. The topological polar surface area (TPSA) is 34.1 Å². The zero-order valence-electron chi connectivity index (χ0n) is 19.9. The van der Waals surface area contributed by atoms with Gasteiger partial charge in [0.25, 0.3) is 0 Å². The first-order valence-electron chi connectivity index (χ1n) is 12.4. The van der Waals surface area contributed by atoms with E-state index >= 15 is 0 Å². The van der Waals surface area contributed by atoms with Crippen LogP contribution in [0.3, 0.4) is 0 Å². The first kappa shape index (κ1) is 22.7. The zero-order valence-corrected chi connectivity index (χ0v) is 19.9. The van der Waals surface area contributed by atoms with Crippen molar-refractivity contribution in [2.75, 3.05) is 0 Å². The van der Waals surface area contributed by atoms with E-state index in [0.717, 1.165) is 56.1 Å². The van der Waals surface area contributed by atoms with Crippen LogP contribution in [0.25, 0.3) is 5.57 Å². The summed E-state index contributed by atoms with van der Waals surface area (Å²) in [5.41, 5.74) is 7.55. The number of hydrogen-bond donors (Lipinski definition) is 0. The highest BCUT2D eigenvalue weighted by atomic mass is 16.1. The van der Waals surface area contributed by atoms with Gasteiger partial charge in [0.1, 0.15) is 0 Å². The Morgan fingerprint density at radius 1 is 1.09 bits per heavy atom. The Kier molecular flexibility index (Phi) is 6.51. The lowest BCUT2D eigenvalue weighted by Gasteiger charge is -2.39. The first-order valence-corrected chi connectivity index (χ1v) is 12.4. The predicted molar refractivity (Wildman–Crippen MR) is 132 cm³/mol. The Balaban J connectivity index is 1.88. The van der Waals surface area contributed by atoms with Gasteiger partial charge in [-0.2, -0.15) is 0 Å². The molecule has 4 rings (SSSR count). The quantitative estimate of drug-likeness (QED) is 0.456. The minimum Gasteiger partial charge on any atom is -0.294 e. The van der Waals surface area contributed by atoms with Crippen LogP contribution in [0.4, 0.5) is 0 Å². The van der Waals surface area contributed by atoms with Gasteiger partial charge in [0, 0.05) is 29.4 Å². The number of fused-ring (bicyclic) bond motifs is 3. The second-order valence-corrected chi connectivity index (χ2v) is 9.89. The Morgan fingerprint density at radius 2 is 1.81 bits per heavy atom. The molecule has 2 heteroatoms. The maximum Gasteiger partial charge on any atom is 0.164 e. The zero-order chi connectivity index (χ0) is 22.9. The van der Waals surface area contributed by atoms with Gasteiger partial charge in [0.05, 0.1) is 0 Å². The minimum absolute atomic E-state index is 0.0663. The third-order valence-electron chi connectivity index (χ3n) is 8.03. The lowest BCUT2D eigenvalue weighted by molar-refractivity contribution is -0.118. The second kappa shape index (κ2) is 9.17. The van der Waals surface area contributed by atoms with Gasteiger partial charge in [-0.1, -0.05) is 68.0 Å². The number of carbonyl (C=O) groups excluding carboxylic acids is 2. The highest BCUT2D eigenvalue weighted by Gasteiger charge is 2.46. The van der Waals surface area contributed by atoms with Crippen molar-refractivity contribution < 1.29 is 9.59 Å². The van der Waals surface area contributed by atoms with Crippen molar-refractivity contribution >= 4 is 17.1 Å². The number of carbonyl (C=O) groups is 2. The fourth-order valence-corrected chi connectivity index (χ4v) is 6.35. The van der Waals surface area contributed by atoms with E-state index in [-0.39, 0.29) is 17.0 Å². The molecule has 3 aliphatic rings. The highest BCUT2D eigenvalue weighted by molar-refractivity contribution is 6.19. The SMILES string of the molecule is C=C/C1=C(\C2=C3CC[C@H](C/C(=C/C)CC)CC3(C)c3ccccc32)C(=O)CCCCC1=O. The van der Waals surface area contributed by atoms with Crippen molar-refractivity contribution in [3.05, 3.63) is 76.4 Å². The normalized spacial score (nSPS) is 28.8. The average molecular weight is 429 g/mol. The second-order valence-electron chi connectivity index (χ2n) is 9.89. The van der Waals surface area contributed by atoms with Gasteiger partial charge in [-0.15, -0.1) is 0 Å². The molecule has 0 bridgehead atoms. The summed E-state index contributed by atoms with van der Waals surface area (Å²) in [6, 6.07) is 8.58. The summed E-state index contributed by atoms with van der Waals surface area (Å²) in [6.07, 6.45) is 12.0. The van der Waals surface area contributed by atoms with Gasteiger partial charge in [-0.05, 0) is 74.5 Å². The summed E-state index contributed by atoms with van der Waals surface area (Å²) < 4.78 is 0. The van der Waals surface area contributed by atoms with E-state index in [1.165, 1.54) is 16.7 Å². The molecule has 1 aromatic carbocycles. The average Bonchev–Trinajstić information content (AvgIpc) is 3.05. The summed E-state index contributed by atoms with van der Waals surface area (Å²) in [5, 5.41) is 0. The van der Waals surface area contributed by atoms with E-state index in [0.29, 0.717) is 29.9 Å². The number of rotatable bonds is 5. The molecule has 2 nitrogen and oxygen atoms in total. The highest BCUT2D eigenvalue weighted by Crippen LogP contribution is 2.57. The third kappa shape index (κ3) is 3.78. The molecule has 1 unspecified atom stereocenters. The van der Waals surface area contributed by atoms with Crippen molar-refractivity contribution in [2.45, 2.75) is 84.0 Å². The van der Waals surface area contributed by atoms with Crippen LogP contribution >= 0.6 is 0 Å². The first-order chi connectivity index (χ1) is 15.4. The van der Waals surface area contributed by atoms with Crippen molar-refractivity contribution in [3.63, 3.8) is 0 Å². The molecule has 168 valence electrons. The lowest BCUT2D eigenvalue weighted by atomic mass is 9.64. The molecule has 1 fully saturated rings. The maximum atomic E-state index is 13.4. The fourth-order valence-electron chi connectivity index (χ4n) is 6.35. The summed E-state index contributed by atoms with van der Waals surface area (Å²) in [7, 11) is 0. The van der Waals surface area contributed by atoms with Gasteiger partial charge in [0.2, 0.25) is 0 Å². The Morgan fingerprint density at radius 3 is 2.50 bits per heavy atom. The van der Waals surface area contributed by atoms with E-state index < -0.39 is 0 Å². The Hall–Kier alpha value is -2.48. The summed E-state index contributed by atoms with van der Waals surface area (Å²) in [6.45, 7) is 10.7. The molecule has 0 heterocycles. The van der Waals surface area contributed by atoms with Gasteiger partial charge >= 0.3 is 0 Å². The van der Waals surface area contributed by atoms with E-state index in [4.69, 9.17) is 0 Å². The van der Waals surface area contributed by atoms with Gasteiger partial charge < -0.3 is 0 Å². The standard InChI is InChI=1S/C30H36O2/c1-5-20(6-2)18-21-16-17-25-28(23-12-8-9-13-24(23)30(25,4)19-21)29-22(7-3)26(31)14-10-11-15-27(29)32/h5,7-9,12-13,21H,3,6,10-11,14-19H2,1-2,4H3/b20-5+,29-22+/t21-,30?/m1/s1. The third-order valence-corrected chi connectivity index (χ3v) is 8.03. The molecule has 0 radical (unpaired) electrons. The van der Waals surface area contributed by atoms with E-state index in [9.17, 15) is 9.59 Å². The van der Waals surface area contributed by atoms with Crippen LogP contribution in [0.2, 0.25) is 0 Å². The summed E-state index contributed by atoms with van der Waals surface area (Å²) in [5.74, 6) is 0.820. The van der Waals surface area contributed by atoms with Crippen molar-refractivity contribution in [2.24, 2.45) is 5.92 Å². The Labute approximate surface area is 193 Å². The largest absolute Gasteiger partial charge is 0.294 e. The van der Waals surface area contributed by atoms with Gasteiger partial charge in [0.15, 0.2) is 11.6 Å².